The van der Waals surface area contributed by atoms with Crippen molar-refractivity contribution in [3.05, 3.63) is 97.6 Å². The number of rotatable bonds is 0. The number of fused-ring (bicyclic) bond motifs is 6. The summed E-state index contributed by atoms with van der Waals surface area (Å²) in [6.45, 7) is 0. The van der Waals surface area contributed by atoms with Crippen LogP contribution in [-0.2, 0) is 13.1 Å². The zero-order valence-corrected chi connectivity index (χ0v) is 18.8. The van der Waals surface area contributed by atoms with E-state index in [1.807, 2.05) is 24.3 Å². The van der Waals surface area contributed by atoms with Gasteiger partial charge in [0.05, 0.1) is 22.1 Å². The Morgan fingerprint density at radius 2 is 0.656 bits per heavy atom. The molecule has 6 aromatic rings. The smallest absolute Gasteiger partial charge is 0.0964 e. The van der Waals surface area contributed by atoms with E-state index in [9.17, 15) is 0 Å². The maximum atomic E-state index is 4.76. The van der Waals surface area contributed by atoms with E-state index in [0.717, 1.165) is 43.6 Å². The monoisotopic (exact) mass is 502 g/mol. The Hall–Kier alpha value is -2.82. The third kappa shape index (κ3) is 5.32. The van der Waals surface area contributed by atoms with Crippen LogP contribution in [-0.4, -0.2) is 19.9 Å². The molecule has 0 bridgehead atoms. The van der Waals surface area contributed by atoms with Gasteiger partial charge < -0.3 is 0 Å². The molecule has 0 aliphatic carbocycles. The van der Waals surface area contributed by atoms with Crippen LogP contribution >= 0.6 is 20.2 Å². The van der Waals surface area contributed by atoms with E-state index >= 15 is 0 Å². The van der Waals surface area contributed by atoms with Crippen LogP contribution in [0.1, 0.15) is 7.43 Å². The van der Waals surface area contributed by atoms with Crippen molar-refractivity contribution in [1.29, 1.82) is 0 Å². The molecule has 0 saturated carbocycles. The molecule has 7 heteroatoms. The number of benzene rings is 2. The van der Waals surface area contributed by atoms with Gasteiger partial charge in [0.1, 0.15) is 0 Å². The van der Waals surface area contributed by atoms with Crippen molar-refractivity contribution in [1.82, 2.24) is 19.9 Å². The number of aromatic nitrogens is 4. The molecule has 0 aliphatic rings. The molecule has 2 aromatic carbocycles. The molecule has 0 atom stereocenters. The molecule has 0 aliphatic heterocycles. The second kappa shape index (κ2) is 11.7. The minimum absolute atomic E-state index is 0. The third-order valence-electron chi connectivity index (χ3n) is 4.69. The summed E-state index contributed by atoms with van der Waals surface area (Å²) in [6, 6.07) is 24.3. The predicted molar refractivity (Wildman–Crippen MR) is 133 cm³/mol. The second-order valence-corrected chi connectivity index (χ2v) is 8.31. The summed E-state index contributed by atoms with van der Waals surface area (Å²) in [5.74, 6) is 0. The zero-order valence-electron chi connectivity index (χ0n) is 16.1. The Morgan fingerprint density at radius 1 is 0.438 bits per heavy atom. The molecule has 0 spiro atoms. The average molecular weight is 503 g/mol. The summed E-state index contributed by atoms with van der Waals surface area (Å²) in [5.41, 5.74) is 3.91. The van der Waals surface area contributed by atoms with Crippen molar-refractivity contribution in [2.75, 3.05) is 0 Å². The standard InChI is InChI=1S/2C12H8N2.CH4.2ClH.Fe/c2*1-3-9-5-6-10-4-2-8-14-12(10)11(9)13-7-1;;;;/h2*1-8H;1H4;2*1H;/q;;;;;+2/p-2. The molecule has 32 heavy (non-hydrogen) atoms. The van der Waals surface area contributed by atoms with Gasteiger partial charge in [0.15, 0.2) is 0 Å². The van der Waals surface area contributed by atoms with Gasteiger partial charge in [0.2, 0.25) is 0 Å². The van der Waals surface area contributed by atoms with Crippen LogP contribution in [0.4, 0.5) is 0 Å². The fourth-order valence-electron chi connectivity index (χ4n) is 3.36. The van der Waals surface area contributed by atoms with Crippen LogP contribution in [0.15, 0.2) is 97.6 Å². The van der Waals surface area contributed by atoms with Crippen LogP contribution < -0.4 is 0 Å². The largest absolute Gasteiger partial charge is 0.254 e. The summed E-state index contributed by atoms with van der Waals surface area (Å²) in [7, 11) is 9.53. The summed E-state index contributed by atoms with van der Waals surface area (Å²) in [4.78, 5) is 17.4. The van der Waals surface area contributed by atoms with E-state index < -0.39 is 0 Å². The topological polar surface area (TPSA) is 51.6 Å². The molecule has 6 rings (SSSR count). The van der Waals surface area contributed by atoms with E-state index in [4.69, 9.17) is 20.2 Å². The Balaban J connectivity index is 0.000000157. The summed E-state index contributed by atoms with van der Waals surface area (Å²) in [6.07, 6.45) is 7.21. The molecule has 0 amide bonds. The fraction of sp³-hybridized carbons (Fsp3) is 0.0400. The van der Waals surface area contributed by atoms with Gasteiger partial charge in [-0.05, 0) is 24.3 Å². The van der Waals surface area contributed by atoms with Crippen LogP contribution in [0.2, 0.25) is 0 Å². The van der Waals surface area contributed by atoms with E-state index in [-0.39, 0.29) is 20.6 Å². The molecule has 0 saturated heterocycles. The molecule has 162 valence electrons. The molecule has 4 aromatic heterocycles. The Bertz CT molecular complexity index is 1240. The average Bonchev–Trinajstić information content (AvgIpc) is 2.85. The first-order chi connectivity index (χ1) is 15.3. The van der Waals surface area contributed by atoms with E-state index in [1.54, 1.807) is 24.8 Å². The molecule has 0 N–H and O–H groups in total. The Morgan fingerprint density at radius 3 is 0.875 bits per heavy atom. The minimum Gasteiger partial charge on any atom is -0.254 e. The van der Waals surface area contributed by atoms with E-state index in [1.165, 1.54) is 0 Å². The van der Waals surface area contributed by atoms with Crippen molar-refractivity contribution in [2.24, 2.45) is 0 Å². The van der Waals surface area contributed by atoms with Crippen LogP contribution in [0.25, 0.3) is 43.6 Å². The number of nitrogens with zero attached hydrogens (tertiary/aromatic N) is 4. The van der Waals surface area contributed by atoms with Crippen molar-refractivity contribution in [3.8, 4) is 0 Å². The first kappa shape index (κ1) is 23.8. The van der Waals surface area contributed by atoms with Gasteiger partial charge in [0, 0.05) is 46.3 Å². The summed E-state index contributed by atoms with van der Waals surface area (Å²) >= 11 is 0.194. The van der Waals surface area contributed by atoms with Crippen LogP contribution in [0.3, 0.4) is 0 Å². The molecule has 4 heterocycles. The normalized spacial score (nSPS) is 10.2. The molecule has 0 unspecified atom stereocenters. The van der Waals surface area contributed by atoms with Crippen molar-refractivity contribution in [3.63, 3.8) is 0 Å². The van der Waals surface area contributed by atoms with Gasteiger partial charge in [-0.15, -0.1) is 0 Å². The first-order valence-electron chi connectivity index (χ1n) is 9.34. The quantitative estimate of drug-likeness (QED) is 0.158. The van der Waals surface area contributed by atoms with Gasteiger partial charge in [-0.25, -0.2) is 0 Å². The van der Waals surface area contributed by atoms with E-state index in [0.29, 0.717) is 0 Å². The van der Waals surface area contributed by atoms with Crippen molar-refractivity contribution in [2.45, 2.75) is 7.43 Å². The molecular formula is C25H20Cl2FeN4. The van der Waals surface area contributed by atoms with Gasteiger partial charge in [-0.2, -0.15) is 0 Å². The maximum absolute atomic E-state index is 4.76. The molecular weight excluding hydrogens is 483 g/mol. The zero-order chi connectivity index (χ0) is 21.5. The SMILES string of the molecule is C.[Cl][Fe][Cl].c1cnc2c(c1)ccc1cccnc12.c1cnc2c(c1)ccc1cccnc12. The Labute approximate surface area is 201 Å². The summed E-state index contributed by atoms with van der Waals surface area (Å²) < 4.78 is 0. The van der Waals surface area contributed by atoms with Gasteiger partial charge in [0.25, 0.3) is 0 Å². The van der Waals surface area contributed by atoms with E-state index in [2.05, 4.69) is 68.5 Å². The number of hydrogen-bond acceptors (Lipinski definition) is 4. The first-order valence-corrected chi connectivity index (χ1v) is 12.4. The van der Waals surface area contributed by atoms with Crippen LogP contribution in [0, 0.1) is 0 Å². The van der Waals surface area contributed by atoms with Crippen molar-refractivity contribution >= 4 is 63.8 Å². The maximum Gasteiger partial charge on any atom is 0.0964 e. The summed E-state index contributed by atoms with van der Waals surface area (Å²) in [5, 5.41) is 4.55. The van der Waals surface area contributed by atoms with Gasteiger partial charge in [-0.3, -0.25) is 19.9 Å². The van der Waals surface area contributed by atoms with Gasteiger partial charge in [-0.1, -0.05) is 56.0 Å². The molecule has 0 fully saturated rings. The minimum atomic E-state index is 0. The molecule has 0 radical (unpaired) electrons. The van der Waals surface area contributed by atoms with Gasteiger partial charge >= 0.3 is 33.3 Å². The second-order valence-electron chi connectivity index (χ2n) is 6.48. The number of pyridine rings is 4. The number of hydrogen-bond donors (Lipinski definition) is 0. The third-order valence-corrected chi connectivity index (χ3v) is 4.69. The van der Waals surface area contributed by atoms with Crippen molar-refractivity contribution < 1.29 is 13.1 Å². The predicted octanol–water partition coefficient (Wildman–Crippen LogP) is 7.58. The van der Waals surface area contributed by atoms with Crippen LogP contribution in [0.5, 0.6) is 0 Å². The number of halogens is 2. The Kier molecular flexibility index (Phi) is 8.72. The fourth-order valence-corrected chi connectivity index (χ4v) is 3.36. The molecule has 4 nitrogen and oxygen atoms in total.